The SMILES string of the molecule is CSCCN(C)C(=O)c1cc([N+](=O)[O-])cnc1Cl. The van der Waals surface area contributed by atoms with Crippen molar-refractivity contribution in [1.82, 2.24) is 9.88 Å². The first-order valence-electron chi connectivity index (χ1n) is 5.01. The van der Waals surface area contributed by atoms with Crippen LogP contribution >= 0.6 is 23.4 Å². The quantitative estimate of drug-likeness (QED) is 0.471. The van der Waals surface area contributed by atoms with E-state index in [0.29, 0.717) is 6.54 Å². The summed E-state index contributed by atoms with van der Waals surface area (Å²) in [6.45, 7) is 0.541. The zero-order chi connectivity index (χ0) is 13.7. The molecule has 0 unspecified atom stereocenters. The third-order valence-corrected chi connectivity index (χ3v) is 3.14. The predicted octanol–water partition coefficient (Wildman–Crippen LogP) is 2.08. The maximum Gasteiger partial charge on any atom is 0.288 e. The average Bonchev–Trinajstić information content (AvgIpc) is 2.35. The lowest BCUT2D eigenvalue weighted by molar-refractivity contribution is -0.385. The number of rotatable bonds is 5. The van der Waals surface area contributed by atoms with Gasteiger partial charge in [0.25, 0.3) is 11.6 Å². The third-order valence-electron chi connectivity index (χ3n) is 2.24. The highest BCUT2D eigenvalue weighted by Gasteiger charge is 2.19. The van der Waals surface area contributed by atoms with Gasteiger partial charge in [-0.3, -0.25) is 14.9 Å². The van der Waals surface area contributed by atoms with Crippen molar-refractivity contribution in [1.29, 1.82) is 0 Å². The van der Waals surface area contributed by atoms with Crippen LogP contribution in [0.4, 0.5) is 5.69 Å². The molecule has 0 aliphatic heterocycles. The van der Waals surface area contributed by atoms with Gasteiger partial charge in [-0.1, -0.05) is 11.6 Å². The van der Waals surface area contributed by atoms with Crippen LogP contribution in [0.25, 0.3) is 0 Å². The van der Waals surface area contributed by atoms with E-state index in [1.54, 1.807) is 18.8 Å². The fourth-order valence-electron chi connectivity index (χ4n) is 1.22. The third kappa shape index (κ3) is 3.58. The minimum Gasteiger partial charge on any atom is -0.341 e. The zero-order valence-corrected chi connectivity index (χ0v) is 11.5. The van der Waals surface area contributed by atoms with Gasteiger partial charge in [-0.2, -0.15) is 11.8 Å². The van der Waals surface area contributed by atoms with Crippen molar-refractivity contribution in [2.24, 2.45) is 0 Å². The van der Waals surface area contributed by atoms with Crippen molar-refractivity contribution in [3.05, 3.63) is 33.1 Å². The van der Waals surface area contributed by atoms with Crippen molar-refractivity contribution in [3.63, 3.8) is 0 Å². The molecule has 1 rings (SSSR count). The average molecular weight is 290 g/mol. The molecule has 8 heteroatoms. The van der Waals surface area contributed by atoms with Gasteiger partial charge in [0.2, 0.25) is 0 Å². The molecule has 0 aliphatic carbocycles. The Morgan fingerprint density at radius 3 is 2.89 bits per heavy atom. The lowest BCUT2D eigenvalue weighted by atomic mass is 10.2. The van der Waals surface area contributed by atoms with Crippen LogP contribution in [0.2, 0.25) is 5.15 Å². The molecule has 0 aliphatic rings. The fourth-order valence-corrected chi connectivity index (χ4v) is 1.86. The molecule has 18 heavy (non-hydrogen) atoms. The van der Waals surface area contributed by atoms with Gasteiger partial charge in [-0.05, 0) is 6.26 Å². The fraction of sp³-hybridized carbons (Fsp3) is 0.400. The van der Waals surface area contributed by atoms with Gasteiger partial charge in [-0.25, -0.2) is 4.98 Å². The Balaban J connectivity index is 2.97. The van der Waals surface area contributed by atoms with Crippen molar-refractivity contribution in [2.45, 2.75) is 0 Å². The number of aromatic nitrogens is 1. The molecule has 0 saturated carbocycles. The smallest absolute Gasteiger partial charge is 0.288 e. The minimum atomic E-state index is -0.609. The molecule has 1 amide bonds. The number of hydrogen-bond acceptors (Lipinski definition) is 5. The maximum absolute atomic E-state index is 12.0. The molecule has 1 heterocycles. The van der Waals surface area contributed by atoms with E-state index in [1.807, 2.05) is 6.26 Å². The van der Waals surface area contributed by atoms with E-state index in [0.717, 1.165) is 18.0 Å². The second-order valence-corrected chi connectivity index (χ2v) is 4.85. The summed E-state index contributed by atoms with van der Waals surface area (Å²) in [5.74, 6) is 0.410. The number of carbonyl (C=O) groups excluding carboxylic acids is 1. The second kappa shape index (κ2) is 6.55. The Bertz CT molecular complexity index is 470. The van der Waals surface area contributed by atoms with Crippen LogP contribution in [0.3, 0.4) is 0 Å². The van der Waals surface area contributed by atoms with E-state index >= 15 is 0 Å². The van der Waals surface area contributed by atoms with Crippen LogP contribution in [0, 0.1) is 10.1 Å². The summed E-state index contributed by atoms with van der Waals surface area (Å²) in [7, 11) is 1.62. The van der Waals surface area contributed by atoms with Crippen LogP contribution < -0.4 is 0 Å². The molecule has 1 aromatic heterocycles. The van der Waals surface area contributed by atoms with Gasteiger partial charge in [0.05, 0.1) is 10.5 Å². The summed E-state index contributed by atoms with van der Waals surface area (Å²) in [5.41, 5.74) is -0.199. The molecular formula is C10H12ClN3O3S. The number of carbonyl (C=O) groups is 1. The molecular weight excluding hydrogens is 278 g/mol. The van der Waals surface area contributed by atoms with Gasteiger partial charge in [0.1, 0.15) is 11.3 Å². The van der Waals surface area contributed by atoms with Crippen LogP contribution in [-0.2, 0) is 0 Å². The molecule has 98 valence electrons. The summed E-state index contributed by atoms with van der Waals surface area (Å²) in [6, 6.07) is 1.15. The number of amides is 1. The maximum atomic E-state index is 12.0. The molecule has 0 aromatic carbocycles. The Morgan fingerprint density at radius 1 is 1.67 bits per heavy atom. The van der Waals surface area contributed by atoms with Crippen LogP contribution in [0.15, 0.2) is 12.3 Å². The summed E-state index contributed by atoms with van der Waals surface area (Å²) >= 11 is 7.39. The normalized spacial score (nSPS) is 10.2. The summed E-state index contributed by atoms with van der Waals surface area (Å²) in [5, 5.41) is 10.6. The first-order chi connectivity index (χ1) is 8.47. The van der Waals surface area contributed by atoms with E-state index in [9.17, 15) is 14.9 Å². The Morgan fingerprint density at radius 2 is 2.33 bits per heavy atom. The number of nitro groups is 1. The topological polar surface area (TPSA) is 76.3 Å². The number of nitrogens with zero attached hydrogens (tertiary/aromatic N) is 3. The highest BCUT2D eigenvalue weighted by molar-refractivity contribution is 7.98. The number of pyridine rings is 1. The first-order valence-corrected chi connectivity index (χ1v) is 6.79. The molecule has 1 aromatic rings. The number of thioether (sulfide) groups is 1. The highest BCUT2D eigenvalue weighted by Crippen LogP contribution is 2.20. The molecule has 0 N–H and O–H groups in total. The van der Waals surface area contributed by atoms with Gasteiger partial charge in [0, 0.05) is 25.4 Å². The Hall–Kier alpha value is -1.34. The first kappa shape index (κ1) is 14.7. The van der Waals surface area contributed by atoms with Gasteiger partial charge >= 0.3 is 0 Å². The molecule has 6 nitrogen and oxygen atoms in total. The van der Waals surface area contributed by atoms with Gasteiger partial charge in [-0.15, -0.1) is 0 Å². The Labute approximate surface area is 113 Å². The summed E-state index contributed by atoms with van der Waals surface area (Å²) < 4.78 is 0. The summed E-state index contributed by atoms with van der Waals surface area (Å²) in [4.78, 5) is 27.1. The molecule has 0 bridgehead atoms. The molecule has 0 fully saturated rings. The number of hydrogen-bond donors (Lipinski definition) is 0. The Kier molecular flexibility index (Phi) is 5.36. The van der Waals surface area contributed by atoms with E-state index in [2.05, 4.69) is 4.98 Å². The highest BCUT2D eigenvalue weighted by atomic mass is 35.5. The standard InChI is InChI=1S/C10H12ClN3O3S/c1-13(3-4-18-2)10(15)8-5-7(14(16)17)6-12-9(8)11/h5-6H,3-4H2,1-2H3. The van der Waals surface area contributed by atoms with E-state index in [1.165, 1.54) is 4.90 Å². The summed E-state index contributed by atoms with van der Waals surface area (Å²) in [6.07, 6.45) is 2.96. The van der Waals surface area contributed by atoms with Crippen molar-refractivity contribution in [3.8, 4) is 0 Å². The molecule has 0 radical (unpaired) electrons. The van der Waals surface area contributed by atoms with Crippen LogP contribution in [0.5, 0.6) is 0 Å². The predicted molar refractivity (Wildman–Crippen MR) is 71.2 cm³/mol. The molecule has 0 atom stereocenters. The molecule has 0 saturated heterocycles. The minimum absolute atomic E-state index is 0.0263. The van der Waals surface area contributed by atoms with Crippen molar-refractivity contribution < 1.29 is 9.72 Å². The van der Waals surface area contributed by atoms with Crippen molar-refractivity contribution in [2.75, 3.05) is 25.6 Å². The zero-order valence-electron chi connectivity index (χ0n) is 9.92. The van der Waals surface area contributed by atoms with Crippen LogP contribution in [-0.4, -0.2) is 46.3 Å². The van der Waals surface area contributed by atoms with Crippen LogP contribution in [0.1, 0.15) is 10.4 Å². The molecule has 0 spiro atoms. The monoisotopic (exact) mass is 289 g/mol. The number of halogens is 1. The second-order valence-electron chi connectivity index (χ2n) is 3.51. The van der Waals surface area contributed by atoms with Gasteiger partial charge in [0.15, 0.2) is 0 Å². The lowest BCUT2D eigenvalue weighted by Crippen LogP contribution is -2.29. The van der Waals surface area contributed by atoms with Gasteiger partial charge < -0.3 is 4.90 Å². The van der Waals surface area contributed by atoms with E-state index in [-0.39, 0.29) is 22.3 Å². The van der Waals surface area contributed by atoms with Crippen molar-refractivity contribution >= 4 is 35.0 Å². The largest absolute Gasteiger partial charge is 0.341 e. The van der Waals surface area contributed by atoms with E-state index < -0.39 is 4.92 Å². The lowest BCUT2D eigenvalue weighted by Gasteiger charge is -2.16. The van der Waals surface area contributed by atoms with E-state index in [4.69, 9.17) is 11.6 Å².